The summed E-state index contributed by atoms with van der Waals surface area (Å²) >= 11 is 0. The summed E-state index contributed by atoms with van der Waals surface area (Å²) in [7, 11) is 0.719. The van der Waals surface area contributed by atoms with E-state index >= 15 is 0 Å². The van der Waals surface area contributed by atoms with Crippen LogP contribution in [-0.4, -0.2) is 46.8 Å². The first-order chi connectivity index (χ1) is 13.2. The highest BCUT2D eigenvalue weighted by Crippen LogP contribution is 2.72. The molecule has 5 saturated carbocycles. The molecule has 160 valence electrons. The van der Waals surface area contributed by atoms with Gasteiger partial charge in [-0.3, -0.25) is 9.00 Å². The van der Waals surface area contributed by atoms with E-state index in [-0.39, 0.29) is 34.9 Å². The molecule has 5 nitrogen and oxygen atoms in total. The van der Waals surface area contributed by atoms with Gasteiger partial charge >= 0.3 is 5.97 Å². The average Bonchev–Trinajstić information content (AvgIpc) is 2.65. The molecular formula is C22H36O5S. The van der Waals surface area contributed by atoms with Gasteiger partial charge in [0.1, 0.15) is 6.79 Å². The molecule has 0 aromatic heterocycles. The second-order valence-corrected chi connectivity index (χ2v) is 12.0. The number of carboxylic acid groups (broad SMARTS) is 1. The maximum Gasteiger partial charge on any atom is 0.309 e. The smallest absolute Gasteiger partial charge is 0.309 e. The fourth-order valence-electron chi connectivity index (χ4n) is 8.36. The molecule has 0 aromatic rings. The Hall–Kier alpha value is -0.460. The second-order valence-electron chi connectivity index (χ2n) is 10.5. The first kappa shape index (κ1) is 20.8. The molecule has 5 rings (SSSR count). The van der Waals surface area contributed by atoms with E-state index in [0.717, 1.165) is 51.4 Å². The molecule has 9 atom stereocenters. The summed E-state index contributed by atoms with van der Waals surface area (Å²) < 4.78 is 24.2. The third kappa shape index (κ3) is 2.70. The maximum absolute atomic E-state index is 12.7. The fourth-order valence-corrected chi connectivity index (χ4v) is 9.85. The van der Waals surface area contributed by atoms with Crippen LogP contribution in [0.15, 0.2) is 0 Å². The Morgan fingerprint density at radius 3 is 2.50 bits per heavy atom. The third-order valence-corrected chi connectivity index (χ3v) is 10.8. The van der Waals surface area contributed by atoms with Crippen LogP contribution in [0.2, 0.25) is 0 Å². The molecule has 0 heterocycles. The van der Waals surface area contributed by atoms with E-state index in [9.17, 15) is 14.1 Å². The van der Waals surface area contributed by atoms with E-state index in [1.54, 1.807) is 7.11 Å². The van der Waals surface area contributed by atoms with E-state index in [1.807, 2.05) is 13.2 Å². The van der Waals surface area contributed by atoms with Gasteiger partial charge in [0.2, 0.25) is 0 Å². The van der Waals surface area contributed by atoms with Crippen LogP contribution in [-0.2, 0) is 25.1 Å². The number of fused-ring (bicyclic) bond motifs is 3. The predicted octanol–water partition coefficient (Wildman–Crippen LogP) is 3.83. The normalized spacial score (nSPS) is 51.2. The minimum atomic E-state index is -0.926. The Morgan fingerprint density at radius 1 is 1.14 bits per heavy atom. The SMILES string of the molecule is COCO[C@@H]1[C@@H](S(C)=O)[C@@H]2CC[C@@]13CC[C@H]1[C@@](C)(CCC[C@@]1(C)C(=O)O)[C@@H]3C2. The molecule has 0 saturated heterocycles. The largest absolute Gasteiger partial charge is 0.481 e. The number of aliphatic carboxylic acids is 1. The Morgan fingerprint density at radius 2 is 1.86 bits per heavy atom. The van der Waals surface area contributed by atoms with Crippen molar-refractivity contribution in [2.75, 3.05) is 20.2 Å². The van der Waals surface area contributed by atoms with Crippen molar-refractivity contribution in [1.82, 2.24) is 0 Å². The van der Waals surface area contributed by atoms with Gasteiger partial charge in [-0.2, -0.15) is 0 Å². The van der Waals surface area contributed by atoms with Gasteiger partial charge in [-0.1, -0.05) is 13.3 Å². The summed E-state index contributed by atoms with van der Waals surface area (Å²) in [5, 5.41) is 10.2. The van der Waals surface area contributed by atoms with Gasteiger partial charge < -0.3 is 14.6 Å². The van der Waals surface area contributed by atoms with Crippen molar-refractivity contribution in [3.8, 4) is 0 Å². The minimum absolute atomic E-state index is 0.0195. The average molecular weight is 413 g/mol. The van der Waals surface area contributed by atoms with E-state index in [4.69, 9.17) is 9.47 Å². The van der Waals surface area contributed by atoms with Crippen LogP contribution in [0.1, 0.15) is 65.2 Å². The highest BCUT2D eigenvalue weighted by Gasteiger charge is 2.69. The van der Waals surface area contributed by atoms with Crippen LogP contribution in [0.3, 0.4) is 0 Å². The van der Waals surface area contributed by atoms with Gasteiger partial charge in [-0.15, -0.1) is 0 Å². The first-order valence-electron chi connectivity index (χ1n) is 10.9. The lowest BCUT2D eigenvalue weighted by Gasteiger charge is -2.70. The Balaban J connectivity index is 1.75. The summed E-state index contributed by atoms with van der Waals surface area (Å²) in [4.78, 5) is 12.3. The molecule has 2 bridgehead atoms. The highest BCUT2D eigenvalue weighted by molar-refractivity contribution is 7.85. The zero-order valence-corrected chi connectivity index (χ0v) is 18.6. The molecular weight excluding hydrogens is 376 g/mol. The Bertz CT molecular complexity index is 667. The fraction of sp³-hybridized carbons (Fsp3) is 0.955. The van der Waals surface area contributed by atoms with Crippen LogP contribution in [0.5, 0.6) is 0 Å². The number of rotatable bonds is 5. The number of methoxy groups -OCH3 is 1. The molecule has 0 amide bonds. The molecule has 28 heavy (non-hydrogen) atoms. The zero-order chi connectivity index (χ0) is 20.3. The van der Waals surface area contributed by atoms with E-state index in [0.29, 0.717) is 11.8 Å². The van der Waals surface area contributed by atoms with Crippen LogP contribution in [0.4, 0.5) is 0 Å². The number of hydrogen-bond acceptors (Lipinski definition) is 4. The number of carbonyl (C=O) groups is 1. The standard InChI is InChI=1S/C22H36O5S/c1-20-8-5-9-21(2,19(23)24)15(20)7-11-22-10-6-14(12-16(20)22)17(28(4)25)18(22)27-13-26-3/h14-18H,5-13H2,1-4H3,(H,23,24)/t14-,15+,16+,17+,18-,20-,21-,22+,28?/m1/s1. The molecule has 5 fully saturated rings. The monoisotopic (exact) mass is 412 g/mol. The highest BCUT2D eigenvalue weighted by atomic mass is 32.2. The van der Waals surface area contributed by atoms with E-state index < -0.39 is 22.2 Å². The number of hydrogen-bond donors (Lipinski definition) is 1. The van der Waals surface area contributed by atoms with Crippen LogP contribution >= 0.6 is 0 Å². The van der Waals surface area contributed by atoms with Gasteiger partial charge in [0.05, 0.1) is 16.8 Å². The molecule has 1 N–H and O–H groups in total. The predicted molar refractivity (Wildman–Crippen MR) is 108 cm³/mol. The summed E-state index contributed by atoms with van der Waals surface area (Å²) in [6, 6.07) is 0. The maximum atomic E-state index is 12.7. The first-order valence-corrected chi connectivity index (χ1v) is 12.5. The van der Waals surface area contributed by atoms with Gasteiger partial charge in [-0.05, 0) is 75.0 Å². The lowest BCUT2D eigenvalue weighted by atomic mass is 9.36. The molecule has 1 unspecified atom stereocenters. The van der Waals surface area contributed by atoms with Gasteiger partial charge in [-0.25, -0.2) is 0 Å². The van der Waals surface area contributed by atoms with E-state index in [1.165, 1.54) is 0 Å². The summed E-state index contributed by atoms with van der Waals surface area (Å²) in [5.41, 5.74) is -0.579. The van der Waals surface area contributed by atoms with E-state index in [2.05, 4.69) is 6.92 Å². The van der Waals surface area contributed by atoms with Gasteiger partial charge in [0.15, 0.2) is 0 Å². The molecule has 5 aliphatic carbocycles. The zero-order valence-electron chi connectivity index (χ0n) is 17.7. The molecule has 0 radical (unpaired) electrons. The second kappa shape index (κ2) is 7.05. The van der Waals surface area contributed by atoms with Crippen molar-refractivity contribution in [3.63, 3.8) is 0 Å². The Kier molecular flexibility index (Phi) is 5.24. The van der Waals surface area contributed by atoms with Crippen molar-refractivity contribution in [1.29, 1.82) is 0 Å². The lowest BCUT2D eigenvalue weighted by Crippen LogP contribution is -2.69. The summed E-state index contributed by atoms with van der Waals surface area (Å²) in [6.45, 7) is 4.60. The van der Waals surface area contributed by atoms with Crippen molar-refractivity contribution in [3.05, 3.63) is 0 Å². The van der Waals surface area contributed by atoms with Crippen molar-refractivity contribution < 1.29 is 23.6 Å². The molecule has 5 aliphatic rings. The van der Waals surface area contributed by atoms with Crippen LogP contribution < -0.4 is 0 Å². The van der Waals surface area contributed by atoms with Gasteiger partial charge in [0.25, 0.3) is 0 Å². The van der Waals surface area contributed by atoms with Crippen LogP contribution in [0.25, 0.3) is 0 Å². The lowest BCUT2D eigenvalue weighted by molar-refractivity contribution is -0.247. The van der Waals surface area contributed by atoms with Crippen LogP contribution in [0, 0.1) is 34.0 Å². The molecule has 1 spiro atoms. The third-order valence-electron chi connectivity index (χ3n) is 9.45. The Labute approximate surface area is 171 Å². The topological polar surface area (TPSA) is 72.8 Å². The summed E-state index contributed by atoms with van der Waals surface area (Å²) in [5.74, 6) is 0.459. The van der Waals surface area contributed by atoms with Crippen molar-refractivity contribution in [2.45, 2.75) is 76.6 Å². The quantitative estimate of drug-likeness (QED) is 0.695. The van der Waals surface area contributed by atoms with Crippen molar-refractivity contribution in [2.24, 2.45) is 34.0 Å². The molecule has 0 aliphatic heterocycles. The molecule has 0 aromatic carbocycles. The molecule has 6 heteroatoms. The minimum Gasteiger partial charge on any atom is -0.481 e. The summed E-state index contributed by atoms with van der Waals surface area (Å²) in [6.07, 6.45) is 9.95. The van der Waals surface area contributed by atoms with Crippen molar-refractivity contribution >= 4 is 16.8 Å². The number of ether oxygens (including phenoxy) is 2. The van der Waals surface area contributed by atoms with Gasteiger partial charge in [0, 0.05) is 29.6 Å². The number of carboxylic acids is 1.